The number of hydrogen-bond donors (Lipinski definition) is 1. The summed E-state index contributed by atoms with van der Waals surface area (Å²) in [5, 5.41) is 7.42. The van der Waals surface area contributed by atoms with Gasteiger partial charge in [0.15, 0.2) is 5.69 Å². The number of H-pyrrole nitrogens is 1. The molecule has 0 spiro atoms. The van der Waals surface area contributed by atoms with Gasteiger partial charge in [0.25, 0.3) is 5.91 Å². The molecule has 1 aromatic carbocycles. The molecule has 3 heterocycles. The van der Waals surface area contributed by atoms with E-state index in [1.165, 1.54) is 11.1 Å². The third-order valence-electron chi connectivity index (χ3n) is 5.97. The Labute approximate surface area is 166 Å². The predicted octanol–water partition coefficient (Wildman–Crippen LogP) is 3.09. The van der Waals surface area contributed by atoms with Crippen LogP contribution in [0.3, 0.4) is 0 Å². The first-order valence-corrected chi connectivity index (χ1v) is 10.3. The van der Waals surface area contributed by atoms with Gasteiger partial charge in [-0.05, 0) is 38.3 Å². The zero-order valence-electron chi connectivity index (χ0n) is 17.1. The van der Waals surface area contributed by atoms with Gasteiger partial charge in [-0.15, -0.1) is 0 Å². The third kappa shape index (κ3) is 3.84. The van der Waals surface area contributed by atoms with Crippen molar-refractivity contribution in [1.82, 2.24) is 20.0 Å². The summed E-state index contributed by atoms with van der Waals surface area (Å²) in [6.07, 6.45) is 1.80. The molecule has 6 nitrogen and oxygen atoms in total. The van der Waals surface area contributed by atoms with Crippen molar-refractivity contribution in [2.24, 2.45) is 0 Å². The van der Waals surface area contributed by atoms with E-state index in [-0.39, 0.29) is 18.1 Å². The maximum atomic E-state index is 13.2. The fraction of sp³-hybridized carbons (Fsp3) is 0.545. The average molecular weight is 383 g/mol. The van der Waals surface area contributed by atoms with Gasteiger partial charge in [-0.3, -0.25) is 14.8 Å². The van der Waals surface area contributed by atoms with Crippen LogP contribution >= 0.6 is 0 Å². The molecule has 1 N–H and O–H groups in total. The molecule has 0 saturated carbocycles. The lowest BCUT2D eigenvalue weighted by Crippen LogP contribution is -2.36. The first-order chi connectivity index (χ1) is 13.5. The highest BCUT2D eigenvalue weighted by atomic mass is 16.5. The van der Waals surface area contributed by atoms with Gasteiger partial charge in [-0.1, -0.05) is 24.3 Å². The van der Waals surface area contributed by atoms with Gasteiger partial charge in [0.1, 0.15) is 0 Å². The lowest BCUT2D eigenvalue weighted by Gasteiger charge is -2.26. The molecule has 0 unspecified atom stereocenters. The standard InChI is InChI=1S/C22H30N4O2/c1-15-7-4-5-8-18(15)14-25-9-6-10-26(12-11-25)22(27)21-19-13-16(2)28-17(3)20(19)23-24-21/h4-5,7-8,16-17H,6,9-14H2,1-3H3,(H,23,24)/t16-,17+/m1/s1. The first kappa shape index (κ1) is 19.2. The average Bonchev–Trinajstić information content (AvgIpc) is 2.95. The van der Waals surface area contributed by atoms with Gasteiger partial charge < -0.3 is 9.64 Å². The number of aryl methyl sites for hydroxylation is 1. The molecular weight excluding hydrogens is 352 g/mol. The number of nitrogens with one attached hydrogen (secondary N) is 1. The number of fused-ring (bicyclic) bond motifs is 1. The molecule has 6 heteroatoms. The van der Waals surface area contributed by atoms with Crippen molar-refractivity contribution in [2.75, 3.05) is 26.2 Å². The second-order valence-electron chi connectivity index (χ2n) is 8.11. The van der Waals surface area contributed by atoms with Gasteiger partial charge in [0.2, 0.25) is 0 Å². The van der Waals surface area contributed by atoms with Gasteiger partial charge in [-0.2, -0.15) is 5.10 Å². The van der Waals surface area contributed by atoms with Gasteiger partial charge in [-0.25, -0.2) is 0 Å². The zero-order chi connectivity index (χ0) is 19.7. The van der Waals surface area contributed by atoms with Crippen molar-refractivity contribution in [1.29, 1.82) is 0 Å². The van der Waals surface area contributed by atoms with E-state index in [1.807, 2.05) is 11.8 Å². The van der Waals surface area contributed by atoms with Gasteiger partial charge >= 0.3 is 0 Å². The Balaban J connectivity index is 1.44. The zero-order valence-corrected chi connectivity index (χ0v) is 17.1. The molecule has 0 radical (unpaired) electrons. The molecule has 1 saturated heterocycles. The summed E-state index contributed by atoms with van der Waals surface area (Å²) in [6, 6.07) is 8.54. The molecule has 1 aromatic heterocycles. The summed E-state index contributed by atoms with van der Waals surface area (Å²) >= 11 is 0. The summed E-state index contributed by atoms with van der Waals surface area (Å²) in [6.45, 7) is 10.6. The quantitative estimate of drug-likeness (QED) is 0.886. The van der Waals surface area contributed by atoms with Crippen LogP contribution in [0.5, 0.6) is 0 Å². The Hall–Kier alpha value is -2.18. The van der Waals surface area contributed by atoms with Crippen LogP contribution in [0.1, 0.15) is 59.2 Å². The number of carbonyl (C=O) groups is 1. The van der Waals surface area contributed by atoms with Crippen LogP contribution in [0, 0.1) is 6.92 Å². The van der Waals surface area contributed by atoms with E-state index >= 15 is 0 Å². The number of aromatic nitrogens is 2. The molecular formula is C22H30N4O2. The van der Waals surface area contributed by atoms with Crippen molar-refractivity contribution in [3.63, 3.8) is 0 Å². The minimum Gasteiger partial charge on any atom is -0.369 e. The van der Waals surface area contributed by atoms with E-state index in [9.17, 15) is 4.79 Å². The molecule has 2 aliphatic heterocycles. The van der Waals surface area contributed by atoms with Crippen LogP contribution in [-0.4, -0.2) is 58.2 Å². The fourth-order valence-electron chi connectivity index (χ4n) is 4.36. The van der Waals surface area contributed by atoms with E-state index in [2.05, 4.69) is 53.2 Å². The van der Waals surface area contributed by atoms with Crippen LogP contribution < -0.4 is 0 Å². The molecule has 2 atom stereocenters. The number of carbonyl (C=O) groups excluding carboxylic acids is 1. The summed E-state index contributed by atoms with van der Waals surface area (Å²) in [5.41, 5.74) is 5.28. The number of nitrogens with zero attached hydrogens (tertiary/aromatic N) is 3. The largest absolute Gasteiger partial charge is 0.369 e. The van der Waals surface area contributed by atoms with Crippen LogP contribution in [0.15, 0.2) is 24.3 Å². The van der Waals surface area contributed by atoms with E-state index in [0.29, 0.717) is 5.69 Å². The number of rotatable bonds is 3. The second-order valence-corrected chi connectivity index (χ2v) is 8.11. The smallest absolute Gasteiger partial charge is 0.274 e. The van der Waals surface area contributed by atoms with Crippen LogP contribution in [-0.2, 0) is 17.7 Å². The lowest BCUT2D eigenvalue weighted by molar-refractivity contribution is -0.00701. The summed E-state index contributed by atoms with van der Waals surface area (Å²) in [4.78, 5) is 17.6. The van der Waals surface area contributed by atoms with E-state index < -0.39 is 0 Å². The van der Waals surface area contributed by atoms with Crippen molar-refractivity contribution in [2.45, 2.75) is 52.4 Å². The van der Waals surface area contributed by atoms with Gasteiger partial charge in [0, 0.05) is 44.7 Å². The molecule has 28 heavy (non-hydrogen) atoms. The van der Waals surface area contributed by atoms with Crippen molar-refractivity contribution < 1.29 is 9.53 Å². The summed E-state index contributed by atoms with van der Waals surface area (Å²) < 4.78 is 5.85. The molecule has 1 amide bonds. The molecule has 2 aliphatic rings. The minimum atomic E-state index is -0.0402. The molecule has 0 bridgehead atoms. The monoisotopic (exact) mass is 382 g/mol. The second kappa shape index (κ2) is 8.05. The SMILES string of the molecule is Cc1ccccc1CN1CCCN(C(=O)c2n[nH]c3c2C[C@@H](C)O[C@H]3C)CC1. The Morgan fingerprint density at radius 3 is 2.86 bits per heavy atom. The molecule has 1 fully saturated rings. The number of ether oxygens (including phenoxy) is 1. The van der Waals surface area contributed by atoms with Crippen LogP contribution in [0.4, 0.5) is 0 Å². The minimum absolute atomic E-state index is 0.0402. The first-order valence-electron chi connectivity index (χ1n) is 10.3. The Bertz CT molecular complexity index is 847. The van der Waals surface area contributed by atoms with Crippen molar-refractivity contribution >= 4 is 5.91 Å². The summed E-state index contributed by atoms with van der Waals surface area (Å²) in [7, 11) is 0. The predicted molar refractivity (Wildman–Crippen MR) is 108 cm³/mol. The molecule has 0 aliphatic carbocycles. The van der Waals surface area contributed by atoms with Crippen LogP contribution in [0.25, 0.3) is 0 Å². The maximum Gasteiger partial charge on any atom is 0.274 e. The van der Waals surface area contributed by atoms with E-state index in [0.717, 1.165) is 56.8 Å². The van der Waals surface area contributed by atoms with Gasteiger partial charge in [0.05, 0.1) is 17.9 Å². The third-order valence-corrected chi connectivity index (χ3v) is 5.97. The number of amides is 1. The maximum absolute atomic E-state index is 13.2. The number of hydrogen-bond acceptors (Lipinski definition) is 4. The Kier molecular flexibility index (Phi) is 5.51. The highest BCUT2D eigenvalue weighted by molar-refractivity contribution is 5.94. The van der Waals surface area contributed by atoms with E-state index in [4.69, 9.17) is 4.74 Å². The molecule has 2 aromatic rings. The van der Waals surface area contributed by atoms with E-state index in [1.54, 1.807) is 0 Å². The summed E-state index contributed by atoms with van der Waals surface area (Å²) in [5.74, 6) is 0.0524. The highest BCUT2D eigenvalue weighted by Gasteiger charge is 2.31. The molecule has 150 valence electrons. The van der Waals surface area contributed by atoms with Crippen LogP contribution in [0.2, 0.25) is 0 Å². The number of aromatic amines is 1. The lowest BCUT2D eigenvalue weighted by atomic mass is 9.99. The number of benzene rings is 1. The van der Waals surface area contributed by atoms with Crippen molar-refractivity contribution in [3.8, 4) is 0 Å². The topological polar surface area (TPSA) is 61.5 Å². The normalized spacial score (nSPS) is 23.3. The Morgan fingerprint density at radius 1 is 1.21 bits per heavy atom. The van der Waals surface area contributed by atoms with Crippen molar-refractivity contribution in [3.05, 3.63) is 52.3 Å². The molecule has 4 rings (SSSR count). The fourth-order valence-corrected chi connectivity index (χ4v) is 4.36. The Morgan fingerprint density at radius 2 is 2.04 bits per heavy atom. The highest BCUT2D eigenvalue weighted by Crippen LogP contribution is 2.30.